The van der Waals surface area contributed by atoms with Gasteiger partial charge in [-0.15, -0.1) is 0 Å². The summed E-state index contributed by atoms with van der Waals surface area (Å²) < 4.78 is 10.9. The maximum atomic E-state index is 10.8. The smallest absolute Gasteiger partial charge is 0.332 e. The van der Waals surface area contributed by atoms with Crippen LogP contribution in [0.4, 0.5) is 0 Å². The number of ether oxygens (including phenoxy) is 2. The Morgan fingerprint density at radius 3 is 2.38 bits per heavy atom. The van der Waals surface area contributed by atoms with Crippen LogP contribution in [0.15, 0.2) is 0 Å². The van der Waals surface area contributed by atoms with Crippen LogP contribution in [-0.4, -0.2) is 30.1 Å². The zero-order chi connectivity index (χ0) is 12.4. The largest absolute Gasteiger partial charge is 0.479 e. The van der Waals surface area contributed by atoms with E-state index in [1.165, 1.54) is 0 Å². The maximum absolute atomic E-state index is 10.8. The number of carboxylic acids is 1. The van der Waals surface area contributed by atoms with E-state index >= 15 is 0 Å². The Morgan fingerprint density at radius 1 is 1.25 bits per heavy atom. The fraction of sp³-hybridized carbons (Fsp3) is 0.917. The van der Waals surface area contributed by atoms with Crippen molar-refractivity contribution < 1.29 is 19.4 Å². The van der Waals surface area contributed by atoms with Gasteiger partial charge in [-0.05, 0) is 19.3 Å². The van der Waals surface area contributed by atoms with Crippen molar-refractivity contribution >= 4 is 5.97 Å². The lowest BCUT2D eigenvalue weighted by atomic mass is 10.2. The van der Waals surface area contributed by atoms with Crippen LogP contribution >= 0.6 is 0 Å². The van der Waals surface area contributed by atoms with Gasteiger partial charge < -0.3 is 14.6 Å². The Hall–Kier alpha value is -0.610. The molecule has 0 heterocycles. The molecule has 0 aromatic carbocycles. The molecule has 4 nitrogen and oxygen atoms in total. The number of unbranched alkanes of at least 4 members (excludes halogenated alkanes) is 1. The molecular weight excluding hydrogens is 208 g/mol. The molecule has 0 aliphatic carbocycles. The summed E-state index contributed by atoms with van der Waals surface area (Å²) in [5, 5.41) is 8.88. The first-order chi connectivity index (χ1) is 7.65. The van der Waals surface area contributed by atoms with Crippen molar-refractivity contribution in [3.8, 4) is 0 Å². The van der Waals surface area contributed by atoms with E-state index in [0.29, 0.717) is 13.0 Å². The summed E-state index contributed by atoms with van der Waals surface area (Å²) in [5.41, 5.74) is 0. The Bertz CT molecular complexity index is 182. The molecule has 0 radical (unpaired) electrons. The van der Waals surface area contributed by atoms with Gasteiger partial charge in [0.1, 0.15) is 0 Å². The van der Waals surface area contributed by atoms with Gasteiger partial charge in [-0.3, -0.25) is 0 Å². The lowest BCUT2D eigenvalue weighted by Gasteiger charge is -2.21. The van der Waals surface area contributed by atoms with Gasteiger partial charge in [-0.2, -0.15) is 0 Å². The Morgan fingerprint density at radius 2 is 1.94 bits per heavy atom. The molecule has 0 amide bonds. The standard InChI is InChI=1S/C12H24O4/c1-4-7-9-15-11(8-5-2)16-10(6-3)12(13)14/h10-11H,4-9H2,1-3H3,(H,13,14). The van der Waals surface area contributed by atoms with Gasteiger partial charge in [0.2, 0.25) is 0 Å². The highest BCUT2D eigenvalue weighted by atomic mass is 16.7. The first-order valence-electron chi connectivity index (χ1n) is 6.15. The minimum absolute atomic E-state index is 0.377. The number of carbonyl (C=O) groups is 1. The number of rotatable bonds is 10. The summed E-state index contributed by atoms with van der Waals surface area (Å²) in [6, 6.07) is 0. The predicted octanol–water partition coefficient (Wildman–Crippen LogP) is 2.81. The molecule has 0 fully saturated rings. The quantitative estimate of drug-likeness (QED) is 0.465. The highest BCUT2D eigenvalue weighted by Crippen LogP contribution is 2.11. The molecule has 16 heavy (non-hydrogen) atoms. The van der Waals surface area contributed by atoms with Crippen LogP contribution < -0.4 is 0 Å². The van der Waals surface area contributed by atoms with Crippen molar-refractivity contribution in [1.82, 2.24) is 0 Å². The summed E-state index contributed by atoms with van der Waals surface area (Å²) in [6.07, 6.45) is 3.05. The second kappa shape index (κ2) is 9.60. The van der Waals surface area contributed by atoms with E-state index in [-0.39, 0.29) is 6.29 Å². The molecule has 0 aliphatic rings. The normalized spacial score (nSPS) is 14.7. The van der Waals surface area contributed by atoms with Gasteiger partial charge in [-0.25, -0.2) is 4.79 Å². The summed E-state index contributed by atoms with van der Waals surface area (Å²) >= 11 is 0. The SMILES string of the molecule is CCCCOC(CCC)OC(CC)C(=O)O. The molecule has 0 aliphatic heterocycles. The zero-order valence-corrected chi connectivity index (χ0v) is 10.6. The van der Waals surface area contributed by atoms with E-state index in [1.807, 2.05) is 6.92 Å². The van der Waals surface area contributed by atoms with E-state index in [9.17, 15) is 4.79 Å². The van der Waals surface area contributed by atoms with E-state index in [2.05, 4.69) is 6.92 Å². The van der Waals surface area contributed by atoms with Gasteiger partial charge in [-0.1, -0.05) is 33.6 Å². The van der Waals surface area contributed by atoms with Gasteiger partial charge in [0, 0.05) is 6.61 Å². The first-order valence-corrected chi connectivity index (χ1v) is 6.15. The molecule has 0 aromatic heterocycles. The second-order valence-corrected chi connectivity index (χ2v) is 3.81. The number of aliphatic carboxylic acids is 1. The van der Waals surface area contributed by atoms with Crippen LogP contribution in [0.5, 0.6) is 0 Å². The highest BCUT2D eigenvalue weighted by molar-refractivity contribution is 5.72. The average Bonchev–Trinajstić information content (AvgIpc) is 2.25. The van der Waals surface area contributed by atoms with Crippen molar-refractivity contribution in [2.24, 2.45) is 0 Å². The van der Waals surface area contributed by atoms with Gasteiger partial charge in [0.25, 0.3) is 0 Å². The fourth-order valence-electron chi connectivity index (χ4n) is 1.30. The summed E-state index contributed by atoms with van der Waals surface area (Å²) in [7, 11) is 0. The van der Waals surface area contributed by atoms with Gasteiger partial charge >= 0.3 is 5.97 Å². The van der Waals surface area contributed by atoms with Crippen LogP contribution in [-0.2, 0) is 14.3 Å². The molecule has 0 aromatic rings. The zero-order valence-electron chi connectivity index (χ0n) is 10.6. The molecule has 1 N–H and O–H groups in total. The highest BCUT2D eigenvalue weighted by Gasteiger charge is 2.20. The Labute approximate surface area is 97.9 Å². The topological polar surface area (TPSA) is 55.8 Å². The van der Waals surface area contributed by atoms with Crippen molar-refractivity contribution in [3.05, 3.63) is 0 Å². The van der Waals surface area contributed by atoms with E-state index in [1.54, 1.807) is 6.92 Å². The van der Waals surface area contributed by atoms with Gasteiger partial charge in [0.05, 0.1) is 0 Å². The number of carboxylic acid groups (broad SMARTS) is 1. The summed E-state index contributed by atoms with van der Waals surface area (Å²) in [6.45, 7) is 6.55. The molecule has 0 bridgehead atoms. The third-order valence-electron chi connectivity index (χ3n) is 2.29. The fourth-order valence-corrected chi connectivity index (χ4v) is 1.30. The molecule has 0 rings (SSSR count). The molecule has 0 saturated carbocycles. The molecule has 2 unspecified atom stereocenters. The van der Waals surface area contributed by atoms with Crippen LogP contribution in [0.3, 0.4) is 0 Å². The molecular formula is C12H24O4. The first kappa shape index (κ1) is 15.4. The van der Waals surface area contributed by atoms with Gasteiger partial charge in [0.15, 0.2) is 12.4 Å². The minimum atomic E-state index is -0.914. The Balaban J connectivity index is 4.03. The third kappa shape index (κ3) is 6.80. The maximum Gasteiger partial charge on any atom is 0.332 e. The van der Waals surface area contributed by atoms with E-state index < -0.39 is 12.1 Å². The van der Waals surface area contributed by atoms with Crippen LogP contribution in [0.25, 0.3) is 0 Å². The monoisotopic (exact) mass is 232 g/mol. The minimum Gasteiger partial charge on any atom is -0.479 e. The molecule has 4 heteroatoms. The third-order valence-corrected chi connectivity index (χ3v) is 2.29. The predicted molar refractivity (Wildman–Crippen MR) is 62.4 cm³/mol. The van der Waals surface area contributed by atoms with Crippen LogP contribution in [0.2, 0.25) is 0 Å². The van der Waals surface area contributed by atoms with Crippen LogP contribution in [0, 0.1) is 0 Å². The Kier molecular flexibility index (Phi) is 9.24. The number of hydrogen-bond acceptors (Lipinski definition) is 3. The lowest BCUT2D eigenvalue weighted by molar-refractivity contribution is -0.192. The average molecular weight is 232 g/mol. The van der Waals surface area contributed by atoms with E-state index in [4.69, 9.17) is 14.6 Å². The van der Waals surface area contributed by atoms with Crippen molar-refractivity contribution in [2.45, 2.75) is 65.3 Å². The lowest BCUT2D eigenvalue weighted by Crippen LogP contribution is -2.30. The van der Waals surface area contributed by atoms with Crippen molar-refractivity contribution in [2.75, 3.05) is 6.61 Å². The molecule has 0 saturated heterocycles. The molecule has 96 valence electrons. The summed E-state index contributed by atoms with van der Waals surface area (Å²) in [5.74, 6) is -0.914. The summed E-state index contributed by atoms with van der Waals surface area (Å²) in [4.78, 5) is 10.8. The number of hydrogen-bond donors (Lipinski definition) is 1. The van der Waals surface area contributed by atoms with Crippen molar-refractivity contribution in [3.63, 3.8) is 0 Å². The molecule has 2 atom stereocenters. The second-order valence-electron chi connectivity index (χ2n) is 3.81. The van der Waals surface area contributed by atoms with Crippen LogP contribution in [0.1, 0.15) is 52.9 Å². The van der Waals surface area contributed by atoms with E-state index in [0.717, 1.165) is 25.7 Å². The molecule has 0 spiro atoms. The van der Waals surface area contributed by atoms with Crippen molar-refractivity contribution in [1.29, 1.82) is 0 Å².